The van der Waals surface area contributed by atoms with Crippen molar-refractivity contribution in [1.29, 1.82) is 0 Å². The molecule has 0 bridgehead atoms. The Hall–Kier alpha value is -4.17. The van der Waals surface area contributed by atoms with Crippen LogP contribution < -0.4 is 0 Å². The number of sulfonamides is 1. The van der Waals surface area contributed by atoms with E-state index < -0.39 is 44.5 Å². The molecule has 3 heterocycles. The standard InChI is InChI=1S/C28H26F4N6O3S/c1-4-19(28(30,31)32)13-23(33-2)25(39)27-15-18-16-35-38(22-7-5-21(29)6-8-22)24(18)14-20(27)9-11-37(17-27)42(40,41)26-34-10-12-36(26)3/h4-8,10,12-14,16H,2,9,11,15,17H2,1,3H3/b19-4+,23-13-/t27-/m0/s1. The summed E-state index contributed by atoms with van der Waals surface area (Å²) in [6.07, 6.45) is 2.74. The number of aryl methyl sites for hydroxylation is 1. The van der Waals surface area contributed by atoms with Gasteiger partial charge in [-0.05, 0) is 68.5 Å². The molecule has 1 aliphatic heterocycles. The number of allylic oxidation sites excluding steroid dienone is 4. The number of hydrogen-bond acceptors (Lipinski definition) is 6. The van der Waals surface area contributed by atoms with Crippen LogP contribution in [0.1, 0.15) is 24.6 Å². The summed E-state index contributed by atoms with van der Waals surface area (Å²) in [5.74, 6) is -1.23. The molecule has 1 aliphatic carbocycles. The number of benzene rings is 1. The van der Waals surface area contributed by atoms with E-state index in [1.807, 2.05) is 0 Å². The minimum Gasteiger partial charge on any atom is -0.324 e. The van der Waals surface area contributed by atoms with Gasteiger partial charge in [0.05, 0.1) is 28.6 Å². The molecular formula is C28H26F4N6O3S. The second-order valence-corrected chi connectivity index (χ2v) is 11.9. The summed E-state index contributed by atoms with van der Waals surface area (Å²) in [6.45, 7) is 4.17. The third kappa shape index (κ3) is 4.94. The lowest BCUT2D eigenvalue weighted by molar-refractivity contribution is -0.124. The average molecular weight is 603 g/mol. The summed E-state index contributed by atoms with van der Waals surface area (Å²) in [4.78, 5) is 21.9. The number of alkyl halides is 3. The van der Waals surface area contributed by atoms with Crippen LogP contribution in [0.4, 0.5) is 17.6 Å². The Morgan fingerprint density at radius 1 is 1.21 bits per heavy atom. The third-order valence-corrected chi connectivity index (χ3v) is 9.41. The summed E-state index contributed by atoms with van der Waals surface area (Å²) >= 11 is 0. The molecule has 0 radical (unpaired) electrons. The van der Waals surface area contributed by atoms with Crippen molar-refractivity contribution in [2.75, 3.05) is 13.1 Å². The van der Waals surface area contributed by atoms with Crippen molar-refractivity contribution in [2.24, 2.45) is 17.5 Å². The molecule has 1 aromatic carbocycles. The molecule has 1 atom stereocenters. The topological polar surface area (TPSA) is 102 Å². The lowest BCUT2D eigenvalue weighted by Crippen LogP contribution is -2.53. The van der Waals surface area contributed by atoms with Crippen molar-refractivity contribution in [3.8, 4) is 5.69 Å². The molecule has 5 rings (SSSR count). The van der Waals surface area contributed by atoms with E-state index in [0.717, 1.165) is 10.4 Å². The second-order valence-electron chi connectivity index (χ2n) is 10.0. The fourth-order valence-corrected chi connectivity index (χ4v) is 7.00. The van der Waals surface area contributed by atoms with E-state index in [4.69, 9.17) is 0 Å². The van der Waals surface area contributed by atoms with Gasteiger partial charge in [-0.2, -0.15) is 22.6 Å². The van der Waals surface area contributed by atoms with Gasteiger partial charge in [-0.3, -0.25) is 9.79 Å². The van der Waals surface area contributed by atoms with Crippen molar-refractivity contribution >= 4 is 28.6 Å². The van der Waals surface area contributed by atoms with Crippen molar-refractivity contribution in [1.82, 2.24) is 23.6 Å². The van der Waals surface area contributed by atoms with Gasteiger partial charge >= 0.3 is 6.18 Å². The van der Waals surface area contributed by atoms with Crippen molar-refractivity contribution in [3.05, 3.63) is 88.9 Å². The van der Waals surface area contributed by atoms with Crippen molar-refractivity contribution in [2.45, 2.75) is 31.1 Å². The van der Waals surface area contributed by atoms with E-state index in [1.165, 1.54) is 61.4 Å². The number of carbonyl (C=O) groups is 1. The zero-order valence-corrected chi connectivity index (χ0v) is 23.5. The number of rotatable bonds is 7. The summed E-state index contributed by atoms with van der Waals surface area (Å²) in [6, 6.07) is 5.63. The predicted octanol–water partition coefficient (Wildman–Crippen LogP) is 4.43. The van der Waals surface area contributed by atoms with Crippen molar-refractivity contribution in [3.63, 3.8) is 0 Å². The van der Waals surface area contributed by atoms with Crippen molar-refractivity contribution < 1.29 is 30.8 Å². The fourth-order valence-electron chi connectivity index (χ4n) is 5.43. The maximum Gasteiger partial charge on any atom is 0.416 e. The third-order valence-electron chi connectivity index (χ3n) is 7.57. The highest BCUT2D eigenvalue weighted by Gasteiger charge is 2.52. The van der Waals surface area contributed by atoms with Crippen LogP contribution >= 0.6 is 0 Å². The first-order valence-electron chi connectivity index (χ1n) is 12.8. The number of imidazole rings is 1. The van der Waals surface area contributed by atoms with Crippen LogP contribution in [0.5, 0.6) is 0 Å². The lowest BCUT2D eigenvalue weighted by atomic mass is 9.65. The Bertz CT molecular complexity index is 1770. The summed E-state index contributed by atoms with van der Waals surface area (Å²) in [5, 5.41) is 4.18. The number of piperidine rings is 1. The molecular weight excluding hydrogens is 576 g/mol. The Morgan fingerprint density at radius 2 is 1.93 bits per heavy atom. The van der Waals surface area contributed by atoms with Gasteiger partial charge in [0.15, 0.2) is 5.78 Å². The number of aliphatic imine (C=N–C) groups is 1. The predicted molar refractivity (Wildman–Crippen MR) is 147 cm³/mol. The van der Waals surface area contributed by atoms with Crippen LogP contribution in [0.2, 0.25) is 0 Å². The molecule has 0 amide bonds. The Morgan fingerprint density at radius 3 is 2.52 bits per heavy atom. The van der Waals surface area contributed by atoms with Crippen LogP contribution in [0, 0.1) is 11.2 Å². The summed E-state index contributed by atoms with van der Waals surface area (Å²) in [7, 11) is -2.66. The fraction of sp³-hybridized carbons (Fsp3) is 0.286. The van der Waals surface area contributed by atoms with Crippen LogP contribution in [-0.4, -0.2) is 63.8 Å². The van der Waals surface area contributed by atoms with Gasteiger partial charge in [0.2, 0.25) is 5.16 Å². The molecule has 42 heavy (non-hydrogen) atoms. The molecule has 9 nitrogen and oxygen atoms in total. The van der Waals surface area contributed by atoms with Gasteiger partial charge < -0.3 is 4.57 Å². The van der Waals surface area contributed by atoms with Gasteiger partial charge in [-0.1, -0.05) is 11.6 Å². The number of nitrogens with zero attached hydrogens (tertiary/aromatic N) is 6. The van der Waals surface area contributed by atoms with Gasteiger partial charge in [0.1, 0.15) is 11.5 Å². The SMILES string of the molecule is C=N/C(=C\C(=C/C)C(F)(F)F)C(=O)[C@]12Cc3cnn(-c4ccc(F)cc4)c3C=C1CCN(S(=O)(=O)c1nccn1C)C2. The maximum atomic E-state index is 14.3. The number of ketones is 1. The maximum absolute atomic E-state index is 14.3. The molecule has 1 fully saturated rings. The smallest absolute Gasteiger partial charge is 0.324 e. The van der Waals surface area contributed by atoms with E-state index in [0.29, 0.717) is 28.6 Å². The zero-order valence-electron chi connectivity index (χ0n) is 22.6. The Kier molecular flexibility index (Phi) is 7.39. The normalized spacial score (nSPS) is 20.1. The van der Waals surface area contributed by atoms with E-state index in [-0.39, 0.29) is 31.1 Å². The van der Waals surface area contributed by atoms with Gasteiger partial charge in [-0.25, -0.2) is 22.5 Å². The van der Waals surface area contributed by atoms with Gasteiger partial charge in [0.25, 0.3) is 10.0 Å². The highest BCUT2D eigenvalue weighted by Crippen LogP contribution is 2.47. The van der Waals surface area contributed by atoms with Gasteiger partial charge in [0, 0.05) is 32.5 Å². The van der Waals surface area contributed by atoms with E-state index in [9.17, 15) is 30.8 Å². The number of hydrogen-bond donors (Lipinski definition) is 0. The number of Topliss-reactive ketones (excluding diaryl/α,β-unsaturated/α-hetero) is 1. The molecule has 1 saturated heterocycles. The minimum atomic E-state index is -4.75. The quantitative estimate of drug-likeness (QED) is 0.172. The zero-order chi connectivity index (χ0) is 30.4. The molecule has 220 valence electrons. The van der Waals surface area contributed by atoms with Gasteiger partial charge in [-0.15, -0.1) is 0 Å². The molecule has 0 unspecified atom stereocenters. The molecule has 14 heteroatoms. The first kappa shape index (κ1) is 29.3. The van der Waals surface area contributed by atoms with Crippen LogP contribution in [0.15, 0.2) is 82.0 Å². The first-order valence-corrected chi connectivity index (χ1v) is 14.2. The monoisotopic (exact) mass is 602 g/mol. The van der Waals surface area contributed by atoms with E-state index >= 15 is 0 Å². The van der Waals surface area contributed by atoms with Crippen LogP contribution in [-0.2, 0) is 28.3 Å². The average Bonchev–Trinajstić information content (AvgIpc) is 3.57. The van der Waals surface area contributed by atoms with E-state index in [2.05, 4.69) is 21.8 Å². The molecule has 3 aromatic rings. The second kappa shape index (κ2) is 10.6. The molecule has 0 N–H and O–H groups in total. The largest absolute Gasteiger partial charge is 0.416 e. The summed E-state index contributed by atoms with van der Waals surface area (Å²) in [5.41, 5.74) is -1.01. The molecule has 0 saturated carbocycles. The Labute approximate surface area is 239 Å². The number of fused-ring (bicyclic) bond motifs is 2. The first-order chi connectivity index (χ1) is 19.8. The van der Waals surface area contributed by atoms with Crippen LogP contribution in [0.25, 0.3) is 11.8 Å². The number of halogens is 4. The highest BCUT2D eigenvalue weighted by atomic mass is 32.2. The highest BCUT2D eigenvalue weighted by molar-refractivity contribution is 7.89. The Balaban J connectivity index is 1.65. The number of carbonyl (C=O) groups excluding carboxylic acids is 1. The lowest BCUT2D eigenvalue weighted by Gasteiger charge is -2.44. The summed E-state index contributed by atoms with van der Waals surface area (Å²) < 4.78 is 85.7. The van der Waals surface area contributed by atoms with Crippen LogP contribution in [0.3, 0.4) is 0 Å². The molecule has 2 aromatic heterocycles. The molecule has 0 spiro atoms. The molecule has 2 aliphatic rings. The minimum absolute atomic E-state index is 0.000690. The number of aromatic nitrogens is 4. The van der Waals surface area contributed by atoms with E-state index in [1.54, 1.807) is 10.8 Å².